The topological polar surface area (TPSA) is 61.0 Å². The van der Waals surface area contributed by atoms with Crippen LogP contribution in [0.25, 0.3) is 11.3 Å². The number of nitrogens with one attached hydrogen (secondary N) is 2. The molecule has 0 aliphatic heterocycles. The molecule has 0 saturated carbocycles. The lowest BCUT2D eigenvalue weighted by Gasteiger charge is -2.12. The summed E-state index contributed by atoms with van der Waals surface area (Å²) in [5.74, 6) is -0.121. The molecule has 116 valence electrons. The van der Waals surface area contributed by atoms with E-state index in [2.05, 4.69) is 15.3 Å². The summed E-state index contributed by atoms with van der Waals surface area (Å²) in [6, 6.07) is 15.1. The number of amides is 1. The van der Waals surface area contributed by atoms with Crippen molar-refractivity contribution in [2.24, 2.45) is 0 Å². The van der Waals surface area contributed by atoms with Crippen LogP contribution in [0.4, 0.5) is 11.4 Å². The monoisotopic (exact) mass is 306 g/mol. The molecule has 0 fully saturated rings. The highest BCUT2D eigenvalue weighted by atomic mass is 16.1. The predicted molar refractivity (Wildman–Crippen MR) is 92.7 cm³/mol. The molecule has 3 rings (SSSR count). The summed E-state index contributed by atoms with van der Waals surface area (Å²) < 4.78 is 0. The number of imidazole rings is 1. The summed E-state index contributed by atoms with van der Waals surface area (Å²) in [5.41, 5.74) is 4.42. The van der Waals surface area contributed by atoms with E-state index in [0.717, 1.165) is 22.6 Å². The Morgan fingerprint density at radius 1 is 1.04 bits per heavy atom. The van der Waals surface area contributed by atoms with Crippen LogP contribution in [0.5, 0.6) is 0 Å². The average molecular weight is 306 g/mol. The predicted octanol–water partition coefficient (Wildman–Crippen LogP) is 3.40. The molecule has 1 amide bonds. The summed E-state index contributed by atoms with van der Waals surface area (Å²) in [6.07, 6.45) is 3.41. The van der Waals surface area contributed by atoms with Crippen molar-refractivity contribution < 1.29 is 4.79 Å². The molecule has 0 saturated heterocycles. The van der Waals surface area contributed by atoms with Gasteiger partial charge in [-0.3, -0.25) is 4.79 Å². The van der Waals surface area contributed by atoms with Crippen LogP contribution in [0.3, 0.4) is 0 Å². The minimum atomic E-state index is -0.121. The molecular formula is C18H18N4O. The fraction of sp³-hybridized carbons (Fsp3) is 0.111. The van der Waals surface area contributed by atoms with Crippen LogP contribution in [-0.2, 0) is 0 Å². The summed E-state index contributed by atoms with van der Waals surface area (Å²) in [4.78, 5) is 21.3. The van der Waals surface area contributed by atoms with Crippen molar-refractivity contribution in [3.8, 4) is 11.3 Å². The standard InChI is InChI=1S/C18H18N4O/c1-22(2)16-9-5-14(6-10-16)18(23)21-15-7-3-13(4-8-15)17-11-19-12-20-17/h3-12H,1-2H3,(H,19,20)(H,21,23). The molecule has 0 aliphatic carbocycles. The maximum absolute atomic E-state index is 12.3. The van der Waals surface area contributed by atoms with E-state index in [1.165, 1.54) is 0 Å². The molecule has 0 spiro atoms. The number of carbonyl (C=O) groups is 1. The summed E-state index contributed by atoms with van der Waals surface area (Å²) in [6.45, 7) is 0. The fourth-order valence-corrected chi connectivity index (χ4v) is 2.26. The molecular weight excluding hydrogens is 288 g/mol. The lowest BCUT2D eigenvalue weighted by atomic mass is 10.1. The van der Waals surface area contributed by atoms with Crippen molar-refractivity contribution in [1.82, 2.24) is 9.97 Å². The number of H-pyrrole nitrogens is 1. The van der Waals surface area contributed by atoms with Crippen LogP contribution in [0.1, 0.15) is 10.4 Å². The number of aromatic amines is 1. The fourth-order valence-electron chi connectivity index (χ4n) is 2.26. The first kappa shape index (κ1) is 14.8. The van der Waals surface area contributed by atoms with Gasteiger partial charge in [0.05, 0.1) is 18.2 Å². The van der Waals surface area contributed by atoms with Crippen molar-refractivity contribution in [3.05, 3.63) is 66.6 Å². The Balaban J connectivity index is 1.70. The summed E-state index contributed by atoms with van der Waals surface area (Å²) >= 11 is 0. The lowest BCUT2D eigenvalue weighted by molar-refractivity contribution is 0.102. The molecule has 1 aromatic heterocycles. The number of carbonyl (C=O) groups excluding carboxylic acids is 1. The van der Waals surface area contributed by atoms with Gasteiger partial charge in [-0.25, -0.2) is 4.98 Å². The van der Waals surface area contributed by atoms with Crippen LogP contribution in [0.15, 0.2) is 61.1 Å². The molecule has 0 unspecified atom stereocenters. The normalized spacial score (nSPS) is 10.3. The molecule has 23 heavy (non-hydrogen) atoms. The Hall–Kier alpha value is -3.08. The number of nitrogens with zero attached hydrogens (tertiary/aromatic N) is 2. The second-order valence-corrected chi connectivity index (χ2v) is 5.44. The van der Waals surface area contributed by atoms with Crippen LogP contribution < -0.4 is 10.2 Å². The van der Waals surface area contributed by atoms with Crippen LogP contribution in [0, 0.1) is 0 Å². The van der Waals surface area contributed by atoms with Crippen LogP contribution in [-0.4, -0.2) is 30.0 Å². The highest BCUT2D eigenvalue weighted by molar-refractivity contribution is 6.04. The molecule has 5 heteroatoms. The number of benzene rings is 2. The van der Waals surface area contributed by atoms with E-state index in [-0.39, 0.29) is 5.91 Å². The summed E-state index contributed by atoms with van der Waals surface area (Å²) in [7, 11) is 3.94. The van der Waals surface area contributed by atoms with Gasteiger partial charge in [0, 0.05) is 31.0 Å². The number of anilines is 2. The van der Waals surface area contributed by atoms with Crippen LogP contribution in [0.2, 0.25) is 0 Å². The van der Waals surface area contributed by atoms with Crippen LogP contribution >= 0.6 is 0 Å². The molecule has 5 nitrogen and oxygen atoms in total. The molecule has 0 aliphatic rings. The SMILES string of the molecule is CN(C)c1ccc(C(=O)Nc2ccc(-c3cnc[nH]3)cc2)cc1. The number of aromatic nitrogens is 2. The van der Waals surface area contributed by atoms with Gasteiger partial charge in [0.2, 0.25) is 0 Å². The van der Waals surface area contributed by atoms with Crippen molar-refractivity contribution in [3.63, 3.8) is 0 Å². The van der Waals surface area contributed by atoms with Gasteiger partial charge in [-0.1, -0.05) is 12.1 Å². The number of hydrogen-bond donors (Lipinski definition) is 2. The second-order valence-electron chi connectivity index (χ2n) is 5.44. The van der Waals surface area contributed by atoms with Gasteiger partial charge < -0.3 is 15.2 Å². The molecule has 2 aromatic carbocycles. The zero-order valence-electron chi connectivity index (χ0n) is 13.1. The molecule has 3 aromatic rings. The van der Waals surface area contributed by atoms with E-state index in [9.17, 15) is 4.79 Å². The molecule has 0 bridgehead atoms. The maximum atomic E-state index is 12.3. The van der Waals surface area contributed by atoms with E-state index in [4.69, 9.17) is 0 Å². The maximum Gasteiger partial charge on any atom is 0.255 e. The third-order valence-corrected chi connectivity index (χ3v) is 3.60. The Morgan fingerprint density at radius 2 is 1.74 bits per heavy atom. The van der Waals surface area contributed by atoms with Crippen molar-refractivity contribution >= 4 is 17.3 Å². The Kier molecular flexibility index (Phi) is 4.10. The average Bonchev–Trinajstić information content (AvgIpc) is 3.10. The third-order valence-electron chi connectivity index (χ3n) is 3.60. The minimum absolute atomic E-state index is 0.121. The van der Waals surface area contributed by atoms with Gasteiger partial charge in [-0.15, -0.1) is 0 Å². The van der Waals surface area contributed by atoms with E-state index in [1.807, 2.05) is 67.5 Å². The lowest BCUT2D eigenvalue weighted by Crippen LogP contribution is -2.13. The molecule has 0 atom stereocenters. The Labute approximate surface area is 135 Å². The van der Waals surface area contributed by atoms with Gasteiger partial charge in [0.1, 0.15) is 0 Å². The van der Waals surface area contributed by atoms with E-state index >= 15 is 0 Å². The largest absolute Gasteiger partial charge is 0.378 e. The zero-order chi connectivity index (χ0) is 16.2. The van der Waals surface area contributed by atoms with E-state index in [1.54, 1.807) is 12.5 Å². The summed E-state index contributed by atoms with van der Waals surface area (Å²) in [5, 5.41) is 2.90. The van der Waals surface area contributed by atoms with Gasteiger partial charge in [0.25, 0.3) is 5.91 Å². The molecule has 2 N–H and O–H groups in total. The smallest absolute Gasteiger partial charge is 0.255 e. The van der Waals surface area contributed by atoms with Crippen molar-refractivity contribution in [2.45, 2.75) is 0 Å². The van der Waals surface area contributed by atoms with E-state index < -0.39 is 0 Å². The number of rotatable bonds is 4. The molecule has 1 heterocycles. The number of hydrogen-bond acceptors (Lipinski definition) is 3. The highest BCUT2D eigenvalue weighted by Crippen LogP contribution is 2.19. The Bertz CT molecular complexity index is 775. The van der Waals surface area contributed by atoms with Crippen molar-refractivity contribution in [1.29, 1.82) is 0 Å². The van der Waals surface area contributed by atoms with E-state index in [0.29, 0.717) is 5.56 Å². The minimum Gasteiger partial charge on any atom is -0.378 e. The Morgan fingerprint density at radius 3 is 2.30 bits per heavy atom. The molecule has 0 radical (unpaired) electrons. The van der Waals surface area contributed by atoms with Gasteiger partial charge >= 0.3 is 0 Å². The first-order valence-corrected chi connectivity index (χ1v) is 7.31. The first-order chi connectivity index (χ1) is 11.1. The third kappa shape index (κ3) is 3.40. The van der Waals surface area contributed by atoms with Crippen molar-refractivity contribution in [2.75, 3.05) is 24.3 Å². The highest BCUT2D eigenvalue weighted by Gasteiger charge is 2.07. The van der Waals surface area contributed by atoms with Gasteiger partial charge in [0.15, 0.2) is 0 Å². The quantitative estimate of drug-likeness (QED) is 0.776. The van der Waals surface area contributed by atoms with Gasteiger partial charge in [-0.2, -0.15) is 0 Å². The first-order valence-electron chi connectivity index (χ1n) is 7.31. The van der Waals surface area contributed by atoms with Gasteiger partial charge in [-0.05, 0) is 42.0 Å². The second kappa shape index (κ2) is 6.36. The zero-order valence-corrected chi connectivity index (χ0v) is 13.1.